The van der Waals surface area contributed by atoms with Gasteiger partial charge in [-0.1, -0.05) is 0 Å². The lowest BCUT2D eigenvalue weighted by Crippen LogP contribution is -2.56. The molecule has 1 rings (SSSR count). The van der Waals surface area contributed by atoms with Gasteiger partial charge < -0.3 is 25.8 Å². The van der Waals surface area contributed by atoms with Crippen LogP contribution in [-0.4, -0.2) is 46.3 Å². The highest BCUT2D eigenvalue weighted by atomic mass is 16.5. The number of aliphatic hydroxyl groups is 3. The topological polar surface area (TPSA) is 95.9 Å². The number of hydrogen-bond acceptors (Lipinski definition) is 5. The van der Waals surface area contributed by atoms with Crippen molar-refractivity contribution in [3.05, 3.63) is 6.61 Å². The summed E-state index contributed by atoms with van der Waals surface area (Å²) in [6.07, 6.45) is -2.73. The van der Waals surface area contributed by atoms with Gasteiger partial charge in [-0.05, 0) is 0 Å². The fourth-order valence-electron chi connectivity index (χ4n) is 0.965. The Hall–Kier alpha value is -0.200. The number of nitrogens with two attached hydrogens (primary N) is 1. The summed E-state index contributed by atoms with van der Waals surface area (Å²) in [7, 11) is 0. The average molecular weight is 162 g/mol. The summed E-state index contributed by atoms with van der Waals surface area (Å²) in [5.74, 6) is 0. The van der Waals surface area contributed by atoms with Crippen LogP contribution in [0.25, 0.3) is 0 Å². The van der Waals surface area contributed by atoms with Crippen LogP contribution in [0.4, 0.5) is 0 Å². The van der Waals surface area contributed by atoms with E-state index in [9.17, 15) is 0 Å². The van der Waals surface area contributed by atoms with Gasteiger partial charge in [0.25, 0.3) is 0 Å². The Morgan fingerprint density at radius 3 is 2.64 bits per heavy atom. The summed E-state index contributed by atoms with van der Waals surface area (Å²) >= 11 is 0. The number of aliphatic hydroxyl groups excluding tert-OH is 3. The van der Waals surface area contributed by atoms with Crippen molar-refractivity contribution in [2.24, 2.45) is 5.73 Å². The molecule has 1 aliphatic rings. The predicted octanol–water partition coefficient (Wildman–Crippen LogP) is -2.41. The predicted molar refractivity (Wildman–Crippen MR) is 36.2 cm³/mol. The molecule has 1 heterocycles. The standard InChI is InChI=1S/C6H12NO4/c7-5-4(1-8)11-2-3(9)6(5)10/h2-6,8-10H,1,7H2/t3-,4+,5+,6+/m0/s1. The molecule has 0 aliphatic carbocycles. The molecule has 65 valence electrons. The zero-order valence-electron chi connectivity index (χ0n) is 5.92. The van der Waals surface area contributed by atoms with Crippen molar-refractivity contribution >= 4 is 0 Å². The van der Waals surface area contributed by atoms with Crippen molar-refractivity contribution in [1.82, 2.24) is 0 Å². The fraction of sp³-hybridized carbons (Fsp3) is 0.833. The van der Waals surface area contributed by atoms with Crippen molar-refractivity contribution in [3.63, 3.8) is 0 Å². The lowest BCUT2D eigenvalue weighted by atomic mass is 9.99. The van der Waals surface area contributed by atoms with Crippen molar-refractivity contribution in [1.29, 1.82) is 0 Å². The second-order valence-electron chi connectivity index (χ2n) is 2.55. The van der Waals surface area contributed by atoms with Crippen LogP contribution in [0.5, 0.6) is 0 Å². The average Bonchev–Trinajstić information content (AvgIpc) is 2.01. The second kappa shape index (κ2) is 3.46. The first kappa shape index (κ1) is 8.89. The largest absolute Gasteiger partial charge is 0.394 e. The van der Waals surface area contributed by atoms with E-state index in [0.717, 1.165) is 6.61 Å². The molecule has 0 amide bonds. The Kier molecular flexibility index (Phi) is 2.80. The minimum absolute atomic E-state index is 0.262. The highest BCUT2D eigenvalue weighted by molar-refractivity contribution is 4.93. The van der Waals surface area contributed by atoms with Crippen LogP contribution < -0.4 is 5.73 Å². The molecule has 0 saturated carbocycles. The van der Waals surface area contributed by atoms with E-state index in [0.29, 0.717) is 0 Å². The Morgan fingerprint density at radius 2 is 2.09 bits per heavy atom. The third-order valence-corrected chi connectivity index (χ3v) is 1.75. The van der Waals surface area contributed by atoms with Crippen molar-refractivity contribution in [2.75, 3.05) is 6.61 Å². The normalized spacial score (nSPS) is 45.8. The van der Waals surface area contributed by atoms with E-state index in [4.69, 9.17) is 25.8 Å². The lowest BCUT2D eigenvalue weighted by molar-refractivity contribution is -0.110. The Labute approximate surface area is 64.4 Å². The summed E-state index contributed by atoms with van der Waals surface area (Å²) in [6, 6.07) is -0.736. The van der Waals surface area contributed by atoms with Gasteiger partial charge in [-0.25, -0.2) is 0 Å². The summed E-state index contributed by atoms with van der Waals surface area (Å²) in [6.45, 7) is 0.816. The van der Waals surface area contributed by atoms with Crippen LogP contribution in [0.3, 0.4) is 0 Å². The van der Waals surface area contributed by atoms with Crippen LogP contribution >= 0.6 is 0 Å². The van der Waals surface area contributed by atoms with E-state index in [1.165, 1.54) is 0 Å². The smallest absolute Gasteiger partial charge is 0.115 e. The maximum atomic E-state index is 9.15. The van der Waals surface area contributed by atoms with E-state index in [1.54, 1.807) is 0 Å². The highest BCUT2D eigenvalue weighted by Gasteiger charge is 2.35. The lowest BCUT2D eigenvalue weighted by Gasteiger charge is -2.34. The molecule has 1 saturated heterocycles. The summed E-state index contributed by atoms with van der Waals surface area (Å²) in [5, 5.41) is 26.8. The van der Waals surface area contributed by atoms with Gasteiger partial charge in [0, 0.05) is 0 Å². The molecule has 5 N–H and O–H groups in total. The maximum absolute atomic E-state index is 9.15. The van der Waals surface area contributed by atoms with Gasteiger partial charge >= 0.3 is 0 Å². The zero-order valence-corrected chi connectivity index (χ0v) is 5.92. The number of ether oxygens (including phenoxy) is 1. The van der Waals surface area contributed by atoms with Gasteiger partial charge in [-0.3, -0.25) is 0 Å². The molecular weight excluding hydrogens is 150 g/mol. The quantitative estimate of drug-likeness (QED) is 0.344. The molecule has 1 radical (unpaired) electrons. The first-order valence-corrected chi connectivity index (χ1v) is 3.38. The van der Waals surface area contributed by atoms with E-state index in [2.05, 4.69) is 0 Å². The summed E-state index contributed by atoms with van der Waals surface area (Å²) in [5.41, 5.74) is 5.41. The SMILES string of the molecule is N[C@H]1[C@H](O)[C@@H](O)[CH]O[C@@H]1CO. The second-order valence-corrected chi connectivity index (χ2v) is 2.55. The van der Waals surface area contributed by atoms with Crippen LogP contribution in [0.15, 0.2) is 0 Å². The third kappa shape index (κ3) is 1.69. The van der Waals surface area contributed by atoms with E-state index >= 15 is 0 Å². The van der Waals surface area contributed by atoms with Crippen molar-refractivity contribution in [2.45, 2.75) is 24.4 Å². The molecule has 1 aliphatic heterocycles. The van der Waals surface area contributed by atoms with Crippen LogP contribution in [0, 0.1) is 6.61 Å². The van der Waals surface area contributed by atoms with Gasteiger partial charge in [0.05, 0.1) is 18.8 Å². The van der Waals surface area contributed by atoms with Gasteiger partial charge in [0.15, 0.2) is 0 Å². The highest BCUT2D eigenvalue weighted by Crippen LogP contribution is 2.15. The molecule has 11 heavy (non-hydrogen) atoms. The molecule has 4 atom stereocenters. The van der Waals surface area contributed by atoms with Crippen molar-refractivity contribution < 1.29 is 20.1 Å². The molecule has 1 fully saturated rings. The summed E-state index contributed by atoms with van der Waals surface area (Å²) in [4.78, 5) is 0. The van der Waals surface area contributed by atoms with E-state index in [-0.39, 0.29) is 6.61 Å². The zero-order chi connectivity index (χ0) is 8.43. The van der Waals surface area contributed by atoms with Gasteiger partial charge in [0.2, 0.25) is 0 Å². The molecule has 0 aromatic carbocycles. The van der Waals surface area contributed by atoms with E-state index < -0.39 is 24.4 Å². The van der Waals surface area contributed by atoms with E-state index in [1.807, 2.05) is 0 Å². The Balaban J connectivity index is 2.52. The Morgan fingerprint density at radius 1 is 1.45 bits per heavy atom. The molecule has 0 aromatic heterocycles. The monoisotopic (exact) mass is 162 g/mol. The molecule has 5 heteroatoms. The molecular formula is C6H12NO4. The minimum Gasteiger partial charge on any atom is -0.394 e. The fourth-order valence-corrected chi connectivity index (χ4v) is 0.965. The first-order valence-electron chi connectivity index (χ1n) is 3.38. The first-order chi connectivity index (χ1) is 5.16. The summed E-state index contributed by atoms with van der Waals surface area (Å²) < 4.78 is 4.81. The number of rotatable bonds is 1. The minimum atomic E-state index is -1.06. The van der Waals surface area contributed by atoms with Crippen LogP contribution in [0.2, 0.25) is 0 Å². The van der Waals surface area contributed by atoms with Crippen LogP contribution in [-0.2, 0) is 4.74 Å². The maximum Gasteiger partial charge on any atom is 0.115 e. The van der Waals surface area contributed by atoms with Crippen LogP contribution in [0.1, 0.15) is 0 Å². The molecule has 0 spiro atoms. The third-order valence-electron chi connectivity index (χ3n) is 1.75. The number of hydrogen-bond donors (Lipinski definition) is 4. The van der Waals surface area contributed by atoms with Crippen molar-refractivity contribution in [3.8, 4) is 0 Å². The molecule has 0 aromatic rings. The molecule has 5 nitrogen and oxygen atoms in total. The Bertz CT molecular complexity index is 130. The van der Waals surface area contributed by atoms with Gasteiger partial charge in [-0.15, -0.1) is 0 Å². The van der Waals surface area contributed by atoms with Gasteiger partial charge in [0.1, 0.15) is 18.8 Å². The molecule has 0 unspecified atom stereocenters. The van der Waals surface area contributed by atoms with Gasteiger partial charge in [-0.2, -0.15) is 0 Å². The molecule has 0 bridgehead atoms.